The summed E-state index contributed by atoms with van der Waals surface area (Å²) in [6.45, 7) is 2.28. The first-order chi connectivity index (χ1) is 5.85. The van der Waals surface area contributed by atoms with Gasteiger partial charge < -0.3 is 9.84 Å². The van der Waals surface area contributed by atoms with Crippen molar-refractivity contribution in [2.75, 3.05) is 19.8 Å². The molecule has 1 saturated heterocycles. The molecule has 0 radical (unpaired) electrons. The highest BCUT2D eigenvalue weighted by Crippen LogP contribution is 2.51. The van der Waals surface area contributed by atoms with Crippen LogP contribution in [0.25, 0.3) is 0 Å². The third-order valence-corrected chi connectivity index (χ3v) is 3.36. The maximum atomic E-state index is 9.16. The summed E-state index contributed by atoms with van der Waals surface area (Å²) in [6.07, 6.45) is 6.16. The van der Waals surface area contributed by atoms with Crippen molar-refractivity contribution in [1.82, 2.24) is 0 Å². The highest BCUT2D eigenvalue weighted by molar-refractivity contribution is 4.94. The molecule has 70 valence electrons. The highest BCUT2D eigenvalue weighted by Gasteiger charge is 2.43. The minimum Gasteiger partial charge on any atom is -0.396 e. The predicted octanol–water partition coefficient (Wildman–Crippen LogP) is 1.58. The Morgan fingerprint density at radius 3 is 2.42 bits per heavy atom. The minimum absolute atomic E-state index is 0.349. The molecule has 0 aromatic heterocycles. The van der Waals surface area contributed by atoms with Gasteiger partial charge in [-0.05, 0) is 43.4 Å². The summed E-state index contributed by atoms with van der Waals surface area (Å²) in [5.74, 6) is 0.827. The second-order valence-corrected chi connectivity index (χ2v) is 4.42. The monoisotopic (exact) mass is 170 g/mol. The van der Waals surface area contributed by atoms with Crippen LogP contribution in [0.1, 0.15) is 32.1 Å². The van der Waals surface area contributed by atoms with Crippen molar-refractivity contribution in [3.05, 3.63) is 0 Å². The molecular weight excluding hydrogens is 152 g/mol. The Labute approximate surface area is 73.9 Å². The average molecular weight is 170 g/mol. The van der Waals surface area contributed by atoms with Crippen molar-refractivity contribution >= 4 is 0 Å². The molecule has 2 aliphatic rings. The Bertz CT molecular complexity index is 146. The van der Waals surface area contributed by atoms with Gasteiger partial charge in [-0.1, -0.05) is 0 Å². The molecule has 0 bridgehead atoms. The fourth-order valence-electron chi connectivity index (χ4n) is 2.17. The Balaban J connectivity index is 1.77. The van der Waals surface area contributed by atoms with E-state index >= 15 is 0 Å². The lowest BCUT2D eigenvalue weighted by Crippen LogP contribution is -2.20. The van der Waals surface area contributed by atoms with Gasteiger partial charge >= 0.3 is 0 Å². The lowest BCUT2D eigenvalue weighted by atomic mass is 9.87. The summed E-state index contributed by atoms with van der Waals surface area (Å²) >= 11 is 0. The molecule has 0 amide bonds. The van der Waals surface area contributed by atoms with Gasteiger partial charge in [-0.2, -0.15) is 0 Å². The van der Waals surface area contributed by atoms with Crippen molar-refractivity contribution in [3.63, 3.8) is 0 Å². The van der Waals surface area contributed by atoms with Crippen LogP contribution in [0.3, 0.4) is 0 Å². The molecule has 2 nitrogen and oxygen atoms in total. The normalized spacial score (nSPS) is 28.8. The van der Waals surface area contributed by atoms with E-state index in [2.05, 4.69) is 0 Å². The average Bonchev–Trinajstić information content (AvgIpc) is 2.88. The van der Waals surface area contributed by atoms with E-state index in [1.165, 1.54) is 32.1 Å². The summed E-state index contributed by atoms with van der Waals surface area (Å²) in [6, 6.07) is 0. The Hall–Kier alpha value is -0.0800. The van der Waals surface area contributed by atoms with Crippen molar-refractivity contribution in [2.24, 2.45) is 11.3 Å². The van der Waals surface area contributed by atoms with E-state index < -0.39 is 0 Å². The Morgan fingerprint density at radius 2 is 1.92 bits per heavy atom. The predicted molar refractivity (Wildman–Crippen MR) is 46.9 cm³/mol. The summed E-state index contributed by atoms with van der Waals surface area (Å²) in [4.78, 5) is 0. The first kappa shape index (κ1) is 8.52. The lowest BCUT2D eigenvalue weighted by molar-refractivity contribution is 0.0512. The first-order valence-electron chi connectivity index (χ1n) is 5.03. The Kier molecular flexibility index (Phi) is 2.37. The fourth-order valence-corrected chi connectivity index (χ4v) is 2.17. The van der Waals surface area contributed by atoms with Crippen molar-refractivity contribution in [1.29, 1.82) is 0 Å². The molecule has 0 aromatic rings. The van der Waals surface area contributed by atoms with Gasteiger partial charge in [0.05, 0.1) is 0 Å². The zero-order valence-electron chi connectivity index (χ0n) is 7.59. The van der Waals surface area contributed by atoms with Crippen LogP contribution >= 0.6 is 0 Å². The van der Waals surface area contributed by atoms with Gasteiger partial charge in [-0.25, -0.2) is 0 Å². The SMILES string of the molecule is OCC1(CC2CCOCC2)CC1. The molecule has 0 aromatic carbocycles. The Morgan fingerprint density at radius 1 is 1.25 bits per heavy atom. The standard InChI is InChI=1S/C10H18O2/c11-8-10(3-4-10)7-9-1-5-12-6-2-9/h9,11H,1-8H2. The van der Waals surface area contributed by atoms with Crippen molar-refractivity contribution in [3.8, 4) is 0 Å². The zero-order chi connectivity index (χ0) is 8.44. The van der Waals surface area contributed by atoms with E-state index in [4.69, 9.17) is 9.84 Å². The van der Waals surface area contributed by atoms with Crippen LogP contribution in [0.4, 0.5) is 0 Å². The molecule has 2 rings (SSSR count). The van der Waals surface area contributed by atoms with Crippen LogP contribution in [0.15, 0.2) is 0 Å². The van der Waals surface area contributed by atoms with E-state index in [9.17, 15) is 0 Å². The van der Waals surface area contributed by atoms with Gasteiger partial charge in [0.15, 0.2) is 0 Å². The molecule has 1 N–H and O–H groups in total. The molecule has 1 aliphatic carbocycles. The molecule has 0 atom stereocenters. The second kappa shape index (κ2) is 3.35. The summed E-state index contributed by atoms with van der Waals surface area (Å²) in [7, 11) is 0. The smallest absolute Gasteiger partial charge is 0.0487 e. The largest absolute Gasteiger partial charge is 0.396 e. The van der Waals surface area contributed by atoms with E-state index in [0.717, 1.165) is 19.1 Å². The molecule has 2 heteroatoms. The minimum atomic E-state index is 0.349. The van der Waals surface area contributed by atoms with Gasteiger partial charge in [0.1, 0.15) is 0 Å². The molecule has 12 heavy (non-hydrogen) atoms. The van der Waals surface area contributed by atoms with Crippen LogP contribution in [0, 0.1) is 11.3 Å². The second-order valence-electron chi connectivity index (χ2n) is 4.42. The fraction of sp³-hybridized carbons (Fsp3) is 1.00. The van der Waals surface area contributed by atoms with E-state index in [1.54, 1.807) is 0 Å². The van der Waals surface area contributed by atoms with Crippen LogP contribution in [-0.4, -0.2) is 24.9 Å². The quantitative estimate of drug-likeness (QED) is 0.696. The lowest BCUT2D eigenvalue weighted by Gasteiger charge is -2.25. The molecular formula is C10H18O2. The zero-order valence-corrected chi connectivity index (χ0v) is 7.59. The van der Waals surface area contributed by atoms with Crippen LogP contribution in [-0.2, 0) is 4.74 Å². The number of aliphatic hydroxyl groups excluding tert-OH is 1. The maximum Gasteiger partial charge on any atom is 0.0487 e. The molecule has 0 unspecified atom stereocenters. The molecule has 1 saturated carbocycles. The number of hydrogen-bond acceptors (Lipinski definition) is 2. The molecule has 1 heterocycles. The van der Waals surface area contributed by atoms with Crippen molar-refractivity contribution in [2.45, 2.75) is 32.1 Å². The maximum absolute atomic E-state index is 9.16. The summed E-state index contributed by atoms with van der Waals surface area (Å²) in [5, 5.41) is 9.16. The van der Waals surface area contributed by atoms with E-state index in [1.807, 2.05) is 0 Å². The number of rotatable bonds is 3. The molecule has 2 fully saturated rings. The van der Waals surface area contributed by atoms with Gasteiger partial charge in [-0.15, -0.1) is 0 Å². The molecule has 0 spiro atoms. The van der Waals surface area contributed by atoms with E-state index in [0.29, 0.717) is 12.0 Å². The van der Waals surface area contributed by atoms with Crippen LogP contribution in [0.2, 0.25) is 0 Å². The number of aliphatic hydroxyl groups is 1. The third-order valence-electron chi connectivity index (χ3n) is 3.36. The number of hydrogen-bond donors (Lipinski definition) is 1. The summed E-state index contributed by atoms with van der Waals surface area (Å²) < 4.78 is 5.31. The van der Waals surface area contributed by atoms with Gasteiger partial charge in [-0.3, -0.25) is 0 Å². The highest BCUT2D eigenvalue weighted by atomic mass is 16.5. The summed E-state index contributed by atoms with van der Waals surface area (Å²) in [5.41, 5.74) is 0.349. The first-order valence-corrected chi connectivity index (χ1v) is 5.03. The van der Waals surface area contributed by atoms with Crippen LogP contribution < -0.4 is 0 Å². The number of ether oxygens (including phenoxy) is 1. The van der Waals surface area contributed by atoms with Gasteiger partial charge in [0, 0.05) is 19.8 Å². The van der Waals surface area contributed by atoms with E-state index in [-0.39, 0.29) is 0 Å². The van der Waals surface area contributed by atoms with Gasteiger partial charge in [0.25, 0.3) is 0 Å². The molecule has 1 aliphatic heterocycles. The topological polar surface area (TPSA) is 29.5 Å². The van der Waals surface area contributed by atoms with Gasteiger partial charge in [0.2, 0.25) is 0 Å². The van der Waals surface area contributed by atoms with Crippen LogP contribution in [0.5, 0.6) is 0 Å². The van der Waals surface area contributed by atoms with Crippen molar-refractivity contribution < 1.29 is 9.84 Å². The third kappa shape index (κ3) is 1.80.